The number of anilines is 1. The van der Waals surface area contributed by atoms with E-state index in [0.29, 0.717) is 26.9 Å². The van der Waals surface area contributed by atoms with Crippen LogP contribution in [0.1, 0.15) is 32.0 Å². The lowest BCUT2D eigenvalue weighted by Gasteiger charge is -2.10. The largest absolute Gasteiger partial charge is 0.493 e. The first-order valence-corrected chi connectivity index (χ1v) is 6.76. The molecule has 104 valence electrons. The minimum atomic E-state index is -0.272. The Labute approximate surface area is 120 Å². The summed E-state index contributed by atoms with van der Waals surface area (Å²) in [5.41, 5.74) is 1.25. The van der Waals surface area contributed by atoms with Gasteiger partial charge in [-0.2, -0.15) is 0 Å². The second-order valence-corrected chi connectivity index (χ2v) is 5.24. The highest BCUT2D eigenvalue weighted by atomic mass is 32.1. The summed E-state index contributed by atoms with van der Waals surface area (Å²) in [6, 6.07) is 4.96. The lowest BCUT2D eigenvalue weighted by Crippen LogP contribution is -2.11. The first kappa shape index (κ1) is 14.2. The number of nitrogens with zero attached hydrogens (tertiary/aromatic N) is 1. The number of aromatic nitrogens is 1. The van der Waals surface area contributed by atoms with Gasteiger partial charge in [0.2, 0.25) is 0 Å². The summed E-state index contributed by atoms with van der Waals surface area (Å²) in [6.45, 7) is 3.27. The fourth-order valence-electron chi connectivity index (χ4n) is 1.74. The maximum atomic E-state index is 12.1. The van der Waals surface area contributed by atoms with Crippen molar-refractivity contribution in [2.24, 2.45) is 0 Å². The quantitative estimate of drug-likeness (QED) is 0.879. The average Bonchev–Trinajstić information content (AvgIpc) is 2.89. The Balaban J connectivity index is 2.23. The highest BCUT2D eigenvalue weighted by Gasteiger charge is 2.14. The normalized spacial score (nSPS) is 10.2. The van der Waals surface area contributed by atoms with E-state index >= 15 is 0 Å². The molecule has 0 aliphatic carbocycles. The van der Waals surface area contributed by atoms with Crippen LogP contribution in [0.5, 0.6) is 5.75 Å². The van der Waals surface area contributed by atoms with Crippen LogP contribution in [0.3, 0.4) is 0 Å². The van der Waals surface area contributed by atoms with Crippen LogP contribution in [0.2, 0.25) is 0 Å². The van der Waals surface area contributed by atoms with Crippen molar-refractivity contribution < 1.29 is 14.3 Å². The zero-order valence-corrected chi connectivity index (χ0v) is 12.2. The summed E-state index contributed by atoms with van der Waals surface area (Å²) in [6.07, 6.45) is 1.60. The number of thiophene rings is 1. The van der Waals surface area contributed by atoms with Gasteiger partial charge in [0.15, 0.2) is 11.5 Å². The summed E-state index contributed by atoms with van der Waals surface area (Å²) in [7, 11) is 1.53. The molecule has 0 radical (unpaired) electrons. The number of rotatable bonds is 4. The first-order chi connectivity index (χ1) is 9.52. The topological polar surface area (TPSA) is 68.3 Å². The summed E-state index contributed by atoms with van der Waals surface area (Å²) >= 11 is 1.17. The SMILES string of the molecule is COc1c(NC(=O)c2ccc(C(C)=O)s2)ccnc1C. The number of ketones is 1. The van der Waals surface area contributed by atoms with Gasteiger partial charge in [0.05, 0.1) is 28.2 Å². The Morgan fingerprint density at radius 2 is 1.95 bits per heavy atom. The summed E-state index contributed by atoms with van der Waals surface area (Å²) in [5.74, 6) is 0.210. The van der Waals surface area contributed by atoms with Crippen LogP contribution in [-0.2, 0) is 0 Å². The molecule has 0 spiro atoms. The monoisotopic (exact) mass is 290 g/mol. The number of pyridine rings is 1. The molecule has 2 heterocycles. The maximum absolute atomic E-state index is 12.1. The number of carbonyl (C=O) groups is 2. The molecule has 0 aliphatic heterocycles. The van der Waals surface area contributed by atoms with Gasteiger partial charge in [0, 0.05) is 6.20 Å². The third-order valence-corrected chi connectivity index (χ3v) is 3.90. The van der Waals surface area contributed by atoms with Gasteiger partial charge in [-0.15, -0.1) is 11.3 Å². The van der Waals surface area contributed by atoms with Crippen molar-refractivity contribution in [1.82, 2.24) is 4.98 Å². The van der Waals surface area contributed by atoms with E-state index < -0.39 is 0 Å². The summed E-state index contributed by atoms with van der Waals surface area (Å²) < 4.78 is 5.23. The van der Waals surface area contributed by atoms with Gasteiger partial charge in [-0.1, -0.05) is 0 Å². The molecule has 0 bridgehead atoms. The standard InChI is InChI=1S/C14H14N2O3S/c1-8-13(19-3)10(6-7-15-8)16-14(18)12-5-4-11(20-12)9(2)17/h4-7H,1-3H3,(H,15,16,18). The number of carbonyl (C=O) groups excluding carboxylic acids is 2. The van der Waals surface area contributed by atoms with E-state index in [2.05, 4.69) is 10.3 Å². The highest BCUT2D eigenvalue weighted by molar-refractivity contribution is 7.16. The molecule has 0 atom stereocenters. The van der Waals surface area contributed by atoms with E-state index in [1.54, 1.807) is 31.3 Å². The van der Waals surface area contributed by atoms with Crippen molar-refractivity contribution in [2.75, 3.05) is 12.4 Å². The molecule has 0 aliphatic rings. The molecule has 2 aromatic rings. The minimum absolute atomic E-state index is 0.0496. The van der Waals surface area contributed by atoms with Gasteiger partial charge >= 0.3 is 0 Å². The van der Waals surface area contributed by atoms with Gasteiger partial charge in [0.25, 0.3) is 5.91 Å². The van der Waals surface area contributed by atoms with E-state index in [1.807, 2.05) is 0 Å². The number of ether oxygens (including phenoxy) is 1. The van der Waals surface area contributed by atoms with Crippen molar-refractivity contribution in [3.63, 3.8) is 0 Å². The van der Waals surface area contributed by atoms with Crippen LogP contribution in [0, 0.1) is 6.92 Å². The second-order valence-electron chi connectivity index (χ2n) is 4.15. The number of Topliss-reactive ketones (excluding diaryl/α,β-unsaturated/α-hetero) is 1. The Bertz CT molecular complexity index is 664. The fraction of sp³-hybridized carbons (Fsp3) is 0.214. The van der Waals surface area contributed by atoms with Crippen LogP contribution in [0.4, 0.5) is 5.69 Å². The van der Waals surface area contributed by atoms with Crippen LogP contribution in [0.25, 0.3) is 0 Å². The van der Waals surface area contributed by atoms with Crippen molar-refractivity contribution in [2.45, 2.75) is 13.8 Å². The molecule has 0 fully saturated rings. The molecule has 0 saturated carbocycles. The summed E-state index contributed by atoms with van der Waals surface area (Å²) in [5, 5.41) is 2.77. The Kier molecular flexibility index (Phi) is 4.14. The Morgan fingerprint density at radius 1 is 1.25 bits per heavy atom. The molecule has 0 saturated heterocycles. The molecule has 6 heteroatoms. The minimum Gasteiger partial charge on any atom is -0.493 e. The smallest absolute Gasteiger partial charge is 0.265 e. The zero-order chi connectivity index (χ0) is 14.7. The maximum Gasteiger partial charge on any atom is 0.265 e. The van der Waals surface area contributed by atoms with Crippen LogP contribution in [0.15, 0.2) is 24.4 Å². The molecular weight excluding hydrogens is 276 g/mol. The second kappa shape index (κ2) is 5.83. The lowest BCUT2D eigenvalue weighted by atomic mass is 10.3. The Hall–Kier alpha value is -2.21. The van der Waals surface area contributed by atoms with Gasteiger partial charge in [0.1, 0.15) is 0 Å². The predicted molar refractivity (Wildman–Crippen MR) is 77.8 cm³/mol. The number of aryl methyl sites for hydroxylation is 1. The van der Waals surface area contributed by atoms with Crippen LogP contribution < -0.4 is 10.1 Å². The van der Waals surface area contributed by atoms with Crippen molar-refractivity contribution >= 4 is 28.7 Å². The van der Waals surface area contributed by atoms with E-state index in [1.165, 1.54) is 25.4 Å². The Morgan fingerprint density at radius 3 is 2.55 bits per heavy atom. The molecule has 1 amide bonds. The zero-order valence-electron chi connectivity index (χ0n) is 11.4. The third-order valence-electron chi connectivity index (χ3n) is 2.71. The van der Waals surface area contributed by atoms with Gasteiger partial charge < -0.3 is 10.1 Å². The van der Waals surface area contributed by atoms with Crippen LogP contribution in [-0.4, -0.2) is 23.8 Å². The van der Waals surface area contributed by atoms with E-state index in [9.17, 15) is 9.59 Å². The number of methoxy groups -OCH3 is 1. The molecule has 0 aromatic carbocycles. The first-order valence-electron chi connectivity index (χ1n) is 5.94. The van der Waals surface area contributed by atoms with E-state index in [4.69, 9.17) is 4.74 Å². The average molecular weight is 290 g/mol. The van der Waals surface area contributed by atoms with Gasteiger partial charge in [-0.3, -0.25) is 14.6 Å². The molecule has 2 aromatic heterocycles. The van der Waals surface area contributed by atoms with Crippen molar-refractivity contribution in [3.05, 3.63) is 39.8 Å². The summed E-state index contributed by atoms with van der Waals surface area (Å²) in [4.78, 5) is 28.5. The fourth-order valence-corrected chi connectivity index (χ4v) is 2.54. The predicted octanol–water partition coefficient (Wildman–Crippen LogP) is 2.92. The number of amides is 1. The van der Waals surface area contributed by atoms with E-state index in [-0.39, 0.29) is 11.7 Å². The van der Waals surface area contributed by atoms with Crippen molar-refractivity contribution in [3.8, 4) is 5.75 Å². The van der Waals surface area contributed by atoms with Crippen molar-refractivity contribution in [1.29, 1.82) is 0 Å². The van der Waals surface area contributed by atoms with Gasteiger partial charge in [-0.25, -0.2) is 0 Å². The number of hydrogen-bond acceptors (Lipinski definition) is 5. The highest BCUT2D eigenvalue weighted by Crippen LogP contribution is 2.27. The molecule has 20 heavy (non-hydrogen) atoms. The van der Waals surface area contributed by atoms with Crippen LogP contribution >= 0.6 is 11.3 Å². The van der Waals surface area contributed by atoms with E-state index in [0.717, 1.165) is 0 Å². The third kappa shape index (κ3) is 2.85. The lowest BCUT2D eigenvalue weighted by molar-refractivity contribution is 0.101. The van der Waals surface area contributed by atoms with Gasteiger partial charge in [-0.05, 0) is 32.0 Å². The molecule has 2 rings (SSSR count). The number of hydrogen-bond donors (Lipinski definition) is 1. The molecule has 0 unspecified atom stereocenters. The number of nitrogens with one attached hydrogen (secondary N) is 1. The molecule has 5 nitrogen and oxygen atoms in total. The molecular formula is C14H14N2O3S. The molecule has 1 N–H and O–H groups in total.